The molecule has 2 aromatic rings. The minimum Gasteiger partial charge on any atom is -1.00 e. The zero-order valence-electron chi connectivity index (χ0n) is 6.83. The fourth-order valence-electron chi connectivity index (χ4n) is 0.883. The van der Waals surface area contributed by atoms with E-state index in [1.165, 1.54) is 0 Å². The zero-order chi connectivity index (χ0) is 6.10. The van der Waals surface area contributed by atoms with Gasteiger partial charge >= 0.3 is 29.6 Å². The Labute approximate surface area is 82.4 Å². The molecule has 0 amide bonds. The average Bonchev–Trinajstić information content (AvgIpc) is 2.33. The van der Waals surface area contributed by atoms with Crippen molar-refractivity contribution >= 4 is 10.9 Å². The number of fused-ring (bicyclic) bond motifs is 1. The molecular weight excluding hydrogens is 135 g/mol. The van der Waals surface area contributed by atoms with Crippen molar-refractivity contribution in [1.29, 1.82) is 0 Å². The minimum atomic E-state index is 0. The summed E-state index contributed by atoms with van der Waals surface area (Å²) in [6, 6.07) is 8.01. The second-order valence-electron chi connectivity index (χ2n) is 1.96. The molecule has 0 radical (unpaired) electrons. The van der Waals surface area contributed by atoms with Gasteiger partial charge in [-0.15, -0.1) is 0 Å². The zero-order valence-corrected chi connectivity index (χ0v) is 7.83. The Kier molecular flexibility index (Phi) is 2.49. The number of nitrogens with zero attached hydrogens (tertiary/aromatic N) is 1. The Morgan fingerprint density at radius 1 is 1.30 bits per heavy atom. The predicted molar refractivity (Wildman–Crippen MR) is 37.2 cm³/mol. The van der Waals surface area contributed by atoms with Crippen LogP contribution in [0.15, 0.2) is 30.5 Å². The SMILES string of the molecule is [H-].[Na+].c1ccc2[nH]ncc2c1. The number of benzene rings is 1. The molecule has 1 aromatic heterocycles. The van der Waals surface area contributed by atoms with Gasteiger partial charge in [0.2, 0.25) is 0 Å². The molecule has 10 heavy (non-hydrogen) atoms. The van der Waals surface area contributed by atoms with E-state index in [-0.39, 0.29) is 31.0 Å². The Morgan fingerprint density at radius 3 is 2.90 bits per heavy atom. The van der Waals surface area contributed by atoms with Crippen molar-refractivity contribution < 1.29 is 31.0 Å². The smallest absolute Gasteiger partial charge is 1.00 e. The number of para-hydroxylation sites is 1. The van der Waals surface area contributed by atoms with Crippen LogP contribution in [0, 0.1) is 0 Å². The van der Waals surface area contributed by atoms with Gasteiger partial charge in [-0.05, 0) is 6.07 Å². The topological polar surface area (TPSA) is 28.7 Å². The van der Waals surface area contributed by atoms with Gasteiger partial charge in [-0.2, -0.15) is 5.10 Å². The van der Waals surface area contributed by atoms with Gasteiger partial charge in [-0.1, -0.05) is 18.2 Å². The number of aromatic amines is 1. The fourth-order valence-corrected chi connectivity index (χ4v) is 0.883. The number of hydrogen-bond donors (Lipinski definition) is 1. The molecule has 0 saturated carbocycles. The molecule has 0 aliphatic rings. The summed E-state index contributed by atoms with van der Waals surface area (Å²) >= 11 is 0. The molecule has 1 aromatic carbocycles. The molecule has 0 unspecified atom stereocenters. The molecule has 2 nitrogen and oxygen atoms in total. The summed E-state index contributed by atoms with van der Waals surface area (Å²) in [4.78, 5) is 0. The molecule has 0 fully saturated rings. The second-order valence-corrected chi connectivity index (χ2v) is 1.96. The van der Waals surface area contributed by atoms with Gasteiger partial charge in [-0.25, -0.2) is 0 Å². The summed E-state index contributed by atoms with van der Waals surface area (Å²) in [5, 5.41) is 7.91. The molecule has 1 N–H and O–H groups in total. The normalized spacial score (nSPS) is 9.20. The molecule has 0 saturated heterocycles. The van der Waals surface area contributed by atoms with Gasteiger partial charge in [0, 0.05) is 5.39 Å². The van der Waals surface area contributed by atoms with Crippen molar-refractivity contribution in [3.05, 3.63) is 30.5 Å². The maximum absolute atomic E-state index is 3.88. The molecule has 1 heterocycles. The summed E-state index contributed by atoms with van der Waals surface area (Å²) in [6.45, 7) is 0. The first-order valence-corrected chi connectivity index (χ1v) is 2.85. The van der Waals surface area contributed by atoms with Crippen LogP contribution in [0.5, 0.6) is 0 Å². The van der Waals surface area contributed by atoms with Crippen molar-refractivity contribution in [2.24, 2.45) is 0 Å². The van der Waals surface area contributed by atoms with E-state index in [2.05, 4.69) is 10.2 Å². The molecule has 0 aliphatic carbocycles. The summed E-state index contributed by atoms with van der Waals surface area (Å²) in [6.07, 6.45) is 1.81. The molecule has 0 atom stereocenters. The molecule has 0 bridgehead atoms. The van der Waals surface area contributed by atoms with Gasteiger partial charge < -0.3 is 1.43 Å². The average molecular weight is 142 g/mol. The van der Waals surface area contributed by atoms with E-state index in [9.17, 15) is 0 Å². The van der Waals surface area contributed by atoms with Gasteiger partial charge in [0.05, 0.1) is 11.7 Å². The number of rotatable bonds is 0. The minimum absolute atomic E-state index is 0. The molecule has 0 spiro atoms. The fraction of sp³-hybridized carbons (Fsp3) is 0. The Balaban J connectivity index is 0.000000500. The second kappa shape index (κ2) is 3.19. The number of H-pyrrole nitrogens is 1. The molecule has 46 valence electrons. The largest absolute Gasteiger partial charge is 1.00 e. The van der Waals surface area contributed by atoms with E-state index in [4.69, 9.17) is 0 Å². The van der Waals surface area contributed by atoms with Crippen LogP contribution in [0.2, 0.25) is 0 Å². The Hall–Kier alpha value is -0.310. The van der Waals surface area contributed by atoms with Crippen LogP contribution in [0.4, 0.5) is 0 Å². The maximum Gasteiger partial charge on any atom is 1.00 e. The van der Waals surface area contributed by atoms with Crippen molar-refractivity contribution in [3.63, 3.8) is 0 Å². The van der Waals surface area contributed by atoms with Crippen molar-refractivity contribution in [3.8, 4) is 0 Å². The van der Waals surface area contributed by atoms with Gasteiger partial charge in [0.15, 0.2) is 0 Å². The number of hydrogen-bond acceptors (Lipinski definition) is 1. The van der Waals surface area contributed by atoms with E-state index in [1.807, 2.05) is 30.5 Å². The first-order chi connectivity index (χ1) is 4.47. The van der Waals surface area contributed by atoms with Crippen molar-refractivity contribution in [2.75, 3.05) is 0 Å². The van der Waals surface area contributed by atoms with Crippen LogP contribution < -0.4 is 29.6 Å². The summed E-state index contributed by atoms with van der Waals surface area (Å²) in [7, 11) is 0. The van der Waals surface area contributed by atoms with E-state index in [1.54, 1.807) is 0 Å². The molecular formula is C7H7N2Na. The van der Waals surface area contributed by atoms with Crippen LogP contribution in [-0.4, -0.2) is 10.2 Å². The third kappa shape index (κ3) is 1.24. The number of nitrogens with one attached hydrogen (secondary N) is 1. The van der Waals surface area contributed by atoms with E-state index in [0.29, 0.717) is 0 Å². The predicted octanol–water partition coefficient (Wildman–Crippen LogP) is -1.32. The Morgan fingerprint density at radius 2 is 2.10 bits per heavy atom. The third-order valence-corrected chi connectivity index (χ3v) is 1.35. The quantitative estimate of drug-likeness (QED) is 0.454. The molecule has 3 heteroatoms. The van der Waals surface area contributed by atoms with E-state index < -0.39 is 0 Å². The van der Waals surface area contributed by atoms with Crippen molar-refractivity contribution in [2.45, 2.75) is 0 Å². The maximum atomic E-state index is 3.88. The van der Waals surface area contributed by atoms with E-state index >= 15 is 0 Å². The van der Waals surface area contributed by atoms with Crippen LogP contribution in [0.25, 0.3) is 10.9 Å². The van der Waals surface area contributed by atoms with Gasteiger partial charge in [-0.3, -0.25) is 5.10 Å². The van der Waals surface area contributed by atoms with Crippen LogP contribution in [0.1, 0.15) is 1.43 Å². The third-order valence-electron chi connectivity index (χ3n) is 1.35. The van der Waals surface area contributed by atoms with Crippen molar-refractivity contribution in [1.82, 2.24) is 10.2 Å². The number of aromatic nitrogens is 2. The molecule has 0 aliphatic heterocycles. The van der Waals surface area contributed by atoms with Gasteiger partial charge in [0.25, 0.3) is 0 Å². The summed E-state index contributed by atoms with van der Waals surface area (Å²) in [5.41, 5.74) is 1.09. The van der Waals surface area contributed by atoms with Crippen LogP contribution in [0.3, 0.4) is 0 Å². The molecule has 2 rings (SSSR count). The first kappa shape index (κ1) is 7.79. The van der Waals surface area contributed by atoms with Gasteiger partial charge in [0.1, 0.15) is 0 Å². The first-order valence-electron chi connectivity index (χ1n) is 2.85. The van der Waals surface area contributed by atoms with Crippen LogP contribution in [-0.2, 0) is 0 Å². The monoisotopic (exact) mass is 142 g/mol. The summed E-state index contributed by atoms with van der Waals surface area (Å²) in [5.74, 6) is 0. The van der Waals surface area contributed by atoms with E-state index in [0.717, 1.165) is 10.9 Å². The summed E-state index contributed by atoms with van der Waals surface area (Å²) < 4.78 is 0. The Bertz CT molecular complexity index is 290. The van der Waals surface area contributed by atoms with Crippen LogP contribution >= 0.6 is 0 Å². The standard InChI is InChI=1S/C7H6N2.Na.H/c1-2-4-7-6(3-1)5-8-9-7;;/h1-5H,(H,8,9);;/q;+1;-1.